The standard InChI is InChI=1S/C30H33BrN2O5S.C28H27BrN2O4S.CH4/c1-35-28(36-2)20-33-15-13-32(14-16-33)17-18-37-24-8-10-25(11-9-24)38-29-26-12-7-23(34)19-27(26)39-30(29)21-3-5-22(31)6-4-21;29-21-3-1-20(2-4-21)28-27(25-10-5-22(33)19-26(25)36-28)35-24-8-6-23(7-9-24)34-18-16-31-13-11-30(12-14-31)15-17-32;/h3-12,19,28,34H,13-18,20H2,1-2H3;1-10,17,19,33H,11-16,18H2;1H4. The molecule has 0 atom stereocenters. The highest BCUT2D eigenvalue weighted by atomic mass is 79.9. The van der Waals surface area contributed by atoms with Crippen LogP contribution in [0.2, 0.25) is 0 Å². The third kappa shape index (κ3) is 15.1. The molecule has 2 aromatic heterocycles. The van der Waals surface area contributed by atoms with E-state index >= 15 is 0 Å². The molecule has 76 heavy (non-hydrogen) atoms. The summed E-state index contributed by atoms with van der Waals surface area (Å²) in [6, 6.07) is 42.5. The van der Waals surface area contributed by atoms with Crippen molar-refractivity contribution < 1.29 is 43.4 Å². The maximum Gasteiger partial charge on any atom is 0.169 e. The Labute approximate surface area is 470 Å². The third-order valence-electron chi connectivity index (χ3n) is 13.1. The molecular formula is C59H64Br2N4O9S2. The first-order valence-electron chi connectivity index (χ1n) is 24.8. The number of halogens is 2. The van der Waals surface area contributed by atoms with Crippen LogP contribution in [0.25, 0.3) is 41.1 Å². The number of phenolic OH excluding ortho intramolecular Hbond substituents is 2. The molecule has 0 bridgehead atoms. The molecule has 400 valence electrons. The van der Waals surface area contributed by atoms with Crippen molar-refractivity contribution in [3.05, 3.63) is 142 Å². The second kappa shape index (κ2) is 27.7. The number of carbonyl (C=O) groups excluding carboxylic acids is 1. The molecule has 2 aliphatic heterocycles. The number of hydrogen-bond acceptors (Lipinski definition) is 15. The van der Waals surface area contributed by atoms with Crippen molar-refractivity contribution in [3.8, 4) is 66.9 Å². The van der Waals surface area contributed by atoms with Gasteiger partial charge in [0.2, 0.25) is 0 Å². The number of thiophene rings is 2. The molecule has 13 nitrogen and oxygen atoms in total. The fourth-order valence-electron chi connectivity index (χ4n) is 8.89. The van der Waals surface area contributed by atoms with Crippen molar-refractivity contribution in [2.24, 2.45) is 0 Å². The summed E-state index contributed by atoms with van der Waals surface area (Å²) in [5, 5.41) is 21.9. The number of nitrogens with zero attached hydrogens (tertiary/aromatic N) is 4. The van der Waals surface area contributed by atoms with E-state index in [2.05, 4.69) is 75.7 Å². The number of ether oxygens (including phenoxy) is 6. The number of methoxy groups -OCH3 is 2. The van der Waals surface area contributed by atoms with Crippen LogP contribution >= 0.6 is 54.5 Å². The highest BCUT2D eigenvalue weighted by Crippen LogP contribution is 2.49. The van der Waals surface area contributed by atoms with Gasteiger partial charge in [-0.05, 0) is 120 Å². The Hall–Kier alpha value is -5.57. The Balaban J connectivity index is 0.000000199. The number of aldehydes is 1. The lowest BCUT2D eigenvalue weighted by molar-refractivity contribution is -0.119. The smallest absolute Gasteiger partial charge is 0.169 e. The number of carbonyl (C=O) groups is 1. The molecule has 10 rings (SSSR count). The zero-order valence-corrected chi connectivity index (χ0v) is 46.7. The lowest BCUT2D eigenvalue weighted by Gasteiger charge is -2.35. The van der Waals surface area contributed by atoms with E-state index in [4.69, 9.17) is 28.4 Å². The Morgan fingerprint density at radius 3 is 1.30 bits per heavy atom. The van der Waals surface area contributed by atoms with Crippen LogP contribution in [0.3, 0.4) is 0 Å². The zero-order valence-electron chi connectivity index (χ0n) is 41.9. The van der Waals surface area contributed by atoms with Crippen LogP contribution < -0.4 is 18.9 Å². The van der Waals surface area contributed by atoms with Crippen LogP contribution in [0.4, 0.5) is 0 Å². The van der Waals surface area contributed by atoms with Crippen molar-refractivity contribution in [2.45, 2.75) is 13.7 Å². The van der Waals surface area contributed by atoms with Crippen LogP contribution in [-0.4, -0.2) is 148 Å². The summed E-state index contributed by atoms with van der Waals surface area (Å²) in [5.41, 5.74) is 2.12. The van der Waals surface area contributed by atoms with Gasteiger partial charge >= 0.3 is 0 Å². The summed E-state index contributed by atoms with van der Waals surface area (Å²) >= 11 is 10.2. The highest BCUT2D eigenvalue weighted by Gasteiger charge is 2.22. The van der Waals surface area contributed by atoms with E-state index in [0.717, 1.165) is 163 Å². The number of phenols is 2. The normalized spacial score (nSPS) is 14.5. The monoisotopic (exact) mass is 1190 g/mol. The summed E-state index contributed by atoms with van der Waals surface area (Å²) in [7, 11) is 3.36. The van der Waals surface area contributed by atoms with Gasteiger partial charge in [0, 0.05) is 115 Å². The molecule has 0 unspecified atom stereocenters. The van der Waals surface area contributed by atoms with Gasteiger partial charge in [-0.2, -0.15) is 0 Å². The number of piperazine rings is 2. The van der Waals surface area contributed by atoms with Crippen molar-refractivity contribution in [3.63, 3.8) is 0 Å². The fraction of sp³-hybridized carbons (Fsp3) is 0.305. The maximum atomic E-state index is 10.7. The lowest BCUT2D eigenvalue weighted by atomic mass is 10.1. The average Bonchev–Trinajstić information content (AvgIpc) is 3.97. The number of aromatic hydroxyl groups is 2. The first-order chi connectivity index (χ1) is 36.6. The predicted octanol–water partition coefficient (Wildman–Crippen LogP) is 13.1. The first kappa shape index (κ1) is 56.6. The molecule has 0 aliphatic carbocycles. The largest absolute Gasteiger partial charge is 0.508 e. The highest BCUT2D eigenvalue weighted by molar-refractivity contribution is 9.10. The number of hydrogen-bond donors (Lipinski definition) is 2. The molecule has 2 aliphatic rings. The molecule has 2 saturated heterocycles. The Bertz CT molecular complexity index is 3090. The van der Waals surface area contributed by atoms with E-state index in [0.29, 0.717) is 19.8 Å². The molecule has 4 heterocycles. The van der Waals surface area contributed by atoms with E-state index in [-0.39, 0.29) is 25.2 Å². The van der Waals surface area contributed by atoms with Crippen molar-refractivity contribution >= 4 is 81.0 Å². The van der Waals surface area contributed by atoms with Crippen LogP contribution in [0, 0.1) is 0 Å². The topological polar surface area (TPSA) is 126 Å². The Kier molecular flexibility index (Phi) is 20.6. The summed E-state index contributed by atoms with van der Waals surface area (Å²) in [6.07, 6.45) is 0.797. The van der Waals surface area contributed by atoms with Crippen LogP contribution in [0.1, 0.15) is 7.43 Å². The summed E-state index contributed by atoms with van der Waals surface area (Å²) in [6.45, 7) is 12.0. The maximum absolute atomic E-state index is 10.7. The predicted molar refractivity (Wildman–Crippen MR) is 314 cm³/mol. The molecule has 17 heteroatoms. The van der Waals surface area contributed by atoms with Crippen molar-refractivity contribution in [1.29, 1.82) is 0 Å². The van der Waals surface area contributed by atoms with Gasteiger partial charge in [-0.1, -0.05) is 63.6 Å². The average molecular weight is 1200 g/mol. The fourth-order valence-corrected chi connectivity index (χ4v) is 11.8. The van der Waals surface area contributed by atoms with Crippen molar-refractivity contribution in [2.75, 3.05) is 106 Å². The molecular weight excluding hydrogens is 1130 g/mol. The summed E-state index contributed by atoms with van der Waals surface area (Å²) < 4.78 is 39.4. The summed E-state index contributed by atoms with van der Waals surface area (Å²) in [5.74, 6) is 5.11. The zero-order chi connectivity index (χ0) is 52.1. The number of fused-ring (bicyclic) bond motifs is 2. The molecule has 0 amide bonds. The second-order valence-corrected chi connectivity index (χ2v) is 22.0. The number of rotatable bonds is 20. The molecule has 2 N–H and O–H groups in total. The second-order valence-electron chi connectivity index (χ2n) is 18.1. The minimum atomic E-state index is -0.175. The van der Waals surface area contributed by atoms with E-state index in [1.807, 2.05) is 84.9 Å². The van der Waals surface area contributed by atoms with Gasteiger partial charge in [0.05, 0.1) is 16.3 Å². The van der Waals surface area contributed by atoms with Crippen LogP contribution in [0.5, 0.6) is 46.0 Å². The van der Waals surface area contributed by atoms with Crippen LogP contribution in [-0.2, 0) is 14.3 Å². The van der Waals surface area contributed by atoms with Gasteiger partial charge in [-0.15, -0.1) is 22.7 Å². The van der Waals surface area contributed by atoms with Gasteiger partial charge in [0.25, 0.3) is 0 Å². The van der Waals surface area contributed by atoms with Crippen LogP contribution in [0.15, 0.2) is 142 Å². The molecule has 8 aromatic rings. The van der Waals surface area contributed by atoms with Crippen molar-refractivity contribution in [1.82, 2.24) is 19.6 Å². The van der Waals surface area contributed by atoms with Gasteiger partial charge in [0.1, 0.15) is 54.0 Å². The van der Waals surface area contributed by atoms with Gasteiger partial charge < -0.3 is 43.4 Å². The SMILES string of the molecule is C.COC(CN1CCN(CCOc2ccc(Oc3c(-c4ccc(Br)cc4)sc4cc(O)ccc34)cc2)CC1)OC.O=CCN1CCN(CCOc2ccc(Oc3c(-c4ccc(Br)cc4)sc4cc(O)ccc34)cc2)CC1. The van der Waals surface area contributed by atoms with E-state index in [1.54, 1.807) is 61.2 Å². The van der Waals surface area contributed by atoms with Gasteiger partial charge in [0.15, 0.2) is 17.8 Å². The molecule has 6 aromatic carbocycles. The minimum absolute atomic E-state index is 0. The van der Waals surface area contributed by atoms with E-state index in [9.17, 15) is 15.0 Å². The summed E-state index contributed by atoms with van der Waals surface area (Å²) in [4.78, 5) is 22.0. The van der Waals surface area contributed by atoms with E-state index in [1.165, 1.54) is 0 Å². The van der Waals surface area contributed by atoms with Gasteiger partial charge in [-0.25, -0.2) is 0 Å². The third-order valence-corrected chi connectivity index (χ3v) is 16.5. The Morgan fingerprint density at radius 2 is 0.908 bits per heavy atom. The lowest BCUT2D eigenvalue weighted by Crippen LogP contribution is -2.49. The molecule has 0 spiro atoms. The number of benzene rings is 6. The Morgan fingerprint density at radius 1 is 0.526 bits per heavy atom. The molecule has 0 saturated carbocycles. The van der Waals surface area contributed by atoms with Gasteiger partial charge in [-0.3, -0.25) is 19.6 Å². The minimum Gasteiger partial charge on any atom is -0.508 e. The first-order valence-corrected chi connectivity index (χ1v) is 28.1. The molecule has 2 fully saturated rings. The quantitative estimate of drug-likeness (QED) is 0.0556. The molecule has 0 radical (unpaired) electrons. The van der Waals surface area contributed by atoms with E-state index < -0.39 is 0 Å².